The molecule has 0 aliphatic heterocycles. The third-order valence-electron chi connectivity index (χ3n) is 2.10. The van der Waals surface area contributed by atoms with Crippen molar-refractivity contribution in [2.45, 2.75) is 0 Å². The van der Waals surface area contributed by atoms with Gasteiger partial charge in [-0.1, -0.05) is 18.2 Å². The van der Waals surface area contributed by atoms with E-state index < -0.39 is 0 Å². The molecule has 15 heavy (non-hydrogen) atoms. The monoisotopic (exact) mass is 202 g/mol. The molecule has 0 spiro atoms. The second kappa shape index (κ2) is 3.96. The zero-order valence-corrected chi connectivity index (χ0v) is 8.25. The van der Waals surface area contributed by atoms with Gasteiger partial charge in [0.2, 0.25) is 0 Å². The maximum Gasteiger partial charge on any atom is 0.279 e. The Bertz CT molecular complexity index is 437. The number of hydrogen-bond acceptors (Lipinski definition) is 3. The lowest BCUT2D eigenvalue weighted by Gasteiger charge is -2.15. The zero-order chi connectivity index (χ0) is 10.7. The smallest absolute Gasteiger partial charge is 0.279 e. The third kappa shape index (κ3) is 1.88. The number of carbonyl (C=O) groups is 1. The summed E-state index contributed by atoms with van der Waals surface area (Å²) in [6.45, 7) is 0. The van der Waals surface area contributed by atoms with Crippen LogP contribution < -0.4 is 4.90 Å². The van der Waals surface area contributed by atoms with Crippen LogP contribution in [-0.2, 0) is 0 Å². The van der Waals surface area contributed by atoms with E-state index >= 15 is 0 Å². The van der Waals surface area contributed by atoms with Crippen molar-refractivity contribution in [2.24, 2.45) is 0 Å². The van der Waals surface area contributed by atoms with Crippen LogP contribution in [0.4, 0.5) is 5.69 Å². The average Bonchev–Trinajstić information content (AvgIpc) is 2.82. The molecule has 2 aromatic rings. The van der Waals surface area contributed by atoms with Crippen molar-refractivity contribution in [3.63, 3.8) is 0 Å². The molecule has 0 fully saturated rings. The van der Waals surface area contributed by atoms with Crippen molar-refractivity contribution in [3.8, 4) is 0 Å². The highest BCUT2D eigenvalue weighted by Crippen LogP contribution is 2.13. The molecule has 4 heteroatoms. The molecule has 1 aromatic carbocycles. The molecular weight excluding hydrogens is 192 g/mol. The number of hydrogen-bond donors (Lipinski definition) is 0. The lowest BCUT2D eigenvalue weighted by Crippen LogP contribution is -2.26. The molecule has 2 rings (SSSR count). The van der Waals surface area contributed by atoms with Crippen molar-refractivity contribution in [1.82, 2.24) is 4.98 Å². The first-order valence-electron chi connectivity index (χ1n) is 4.50. The Hall–Kier alpha value is -2.10. The summed E-state index contributed by atoms with van der Waals surface area (Å²) in [5.41, 5.74) is 1.13. The first kappa shape index (κ1) is 9.45. The number of amides is 1. The minimum absolute atomic E-state index is 0.185. The van der Waals surface area contributed by atoms with Gasteiger partial charge in [-0.05, 0) is 12.1 Å². The van der Waals surface area contributed by atoms with Crippen LogP contribution in [0.2, 0.25) is 0 Å². The molecule has 4 nitrogen and oxygen atoms in total. The summed E-state index contributed by atoms with van der Waals surface area (Å²) in [5, 5.41) is 0. The third-order valence-corrected chi connectivity index (χ3v) is 2.10. The highest BCUT2D eigenvalue weighted by molar-refractivity contribution is 6.04. The molecule has 0 aliphatic carbocycles. The molecule has 0 radical (unpaired) electrons. The summed E-state index contributed by atoms with van der Waals surface area (Å²) >= 11 is 0. The van der Waals surface area contributed by atoms with Gasteiger partial charge in [0, 0.05) is 12.7 Å². The SMILES string of the molecule is CN(C(=O)c1cocn1)c1ccccc1. The Morgan fingerprint density at radius 3 is 2.67 bits per heavy atom. The van der Waals surface area contributed by atoms with Crippen LogP contribution in [0.1, 0.15) is 10.5 Å². The maximum atomic E-state index is 11.8. The Kier molecular flexibility index (Phi) is 2.49. The first-order valence-corrected chi connectivity index (χ1v) is 4.50. The van der Waals surface area contributed by atoms with Crippen LogP contribution in [0.15, 0.2) is 47.4 Å². The van der Waals surface area contributed by atoms with Gasteiger partial charge < -0.3 is 9.32 Å². The van der Waals surface area contributed by atoms with E-state index in [1.165, 1.54) is 17.6 Å². The molecule has 76 valence electrons. The number of aromatic nitrogens is 1. The summed E-state index contributed by atoms with van der Waals surface area (Å²) in [6.07, 6.45) is 2.58. The maximum absolute atomic E-state index is 11.8. The second-order valence-electron chi connectivity index (χ2n) is 3.07. The van der Waals surface area contributed by atoms with Crippen LogP contribution in [0.5, 0.6) is 0 Å². The zero-order valence-electron chi connectivity index (χ0n) is 8.25. The van der Waals surface area contributed by atoms with E-state index in [2.05, 4.69) is 4.98 Å². The quantitative estimate of drug-likeness (QED) is 0.747. The second-order valence-corrected chi connectivity index (χ2v) is 3.07. The molecule has 1 amide bonds. The average molecular weight is 202 g/mol. The molecule has 1 heterocycles. The predicted octanol–water partition coefficient (Wildman–Crippen LogP) is 1.95. The highest BCUT2D eigenvalue weighted by atomic mass is 16.3. The van der Waals surface area contributed by atoms with Crippen LogP contribution in [0.25, 0.3) is 0 Å². The van der Waals surface area contributed by atoms with Gasteiger partial charge >= 0.3 is 0 Å². The van der Waals surface area contributed by atoms with Gasteiger partial charge in [-0.2, -0.15) is 0 Å². The molecule has 0 unspecified atom stereocenters. The normalized spacial score (nSPS) is 9.93. The molecular formula is C11H10N2O2. The molecule has 0 atom stereocenters. The number of para-hydroxylation sites is 1. The molecule has 0 saturated heterocycles. The lowest BCUT2D eigenvalue weighted by atomic mass is 10.3. The van der Waals surface area contributed by atoms with Gasteiger partial charge in [0.25, 0.3) is 5.91 Å². The molecule has 0 aliphatic rings. The Morgan fingerprint density at radius 2 is 2.07 bits per heavy atom. The van der Waals surface area contributed by atoms with Gasteiger partial charge in [0.1, 0.15) is 6.26 Å². The van der Waals surface area contributed by atoms with E-state index in [4.69, 9.17) is 4.42 Å². The van der Waals surface area contributed by atoms with E-state index in [0.29, 0.717) is 5.69 Å². The molecule has 0 saturated carbocycles. The summed E-state index contributed by atoms with van der Waals surface area (Å²) in [6, 6.07) is 9.37. The van der Waals surface area contributed by atoms with E-state index in [-0.39, 0.29) is 5.91 Å². The fourth-order valence-corrected chi connectivity index (χ4v) is 1.26. The van der Waals surface area contributed by atoms with Crippen molar-refractivity contribution >= 4 is 11.6 Å². The summed E-state index contributed by atoms with van der Waals surface area (Å²) < 4.78 is 4.76. The fourth-order valence-electron chi connectivity index (χ4n) is 1.26. The fraction of sp³-hybridized carbons (Fsp3) is 0.0909. The van der Waals surface area contributed by atoms with E-state index in [1.54, 1.807) is 7.05 Å². The molecule has 1 aromatic heterocycles. The van der Waals surface area contributed by atoms with Crippen molar-refractivity contribution in [3.05, 3.63) is 48.7 Å². The molecule has 0 N–H and O–H groups in total. The number of carbonyl (C=O) groups excluding carboxylic acids is 1. The van der Waals surface area contributed by atoms with Gasteiger partial charge in [0.05, 0.1) is 0 Å². The van der Waals surface area contributed by atoms with Crippen molar-refractivity contribution in [1.29, 1.82) is 0 Å². The number of benzene rings is 1. The topological polar surface area (TPSA) is 46.3 Å². The minimum Gasteiger partial charge on any atom is -0.451 e. The minimum atomic E-state index is -0.185. The van der Waals surface area contributed by atoms with Crippen molar-refractivity contribution in [2.75, 3.05) is 11.9 Å². The van der Waals surface area contributed by atoms with Crippen molar-refractivity contribution < 1.29 is 9.21 Å². The van der Waals surface area contributed by atoms with Gasteiger partial charge in [0.15, 0.2) is 12.1 Å². The standard InChI is InChI=1S/C11H10N2O2/c1-13(9-5-3-2-4-6-9)11(14)10-7-15-8-12-10/h2-8H,1H3. The highest BCUT2D eigenvalue weighted by Gasteiger charge is 2.15. The number of nitrogens with zero attached hydrogens (tertiary/aromatic N) is 2. The van der Waals surface area contributed by atoms with Crippen LogP contribution in [0.3, 0.4) is 0 Å². The predicted molar refractivity (Wildman–Crippen MR) is 55.7 cm³/mol. The van der Waals surface area contributed by atoms with Gasteiger partial charge in [-0.3, -0.25) is 4.79 Å². The van der Waals surface area contributed by atoms with Crippen LogP contribution in [-0.4, -0.2) is 17.9 Å². The van der Waals surface area contributed by atoms with Crippen LogP contribution >= 0.6 is 0 Å². The van der Waals surface area contributed by atoms with E-state index in [0.717, 1.165) is 5.69 Å². The Morgan fingerprint density at radius 1 is 1.33 bits per heavy atom. The number of rotatable bonds is 2. The van der Waals surface area contributed by atoms with E-state index in [1.807, 2.05) is 30.3 Å². The number of anilines is 1. The summed E-state index contributed by atoms with van der Waals surface area (Å²) in [7, 11) is 1.70. The summed E-state index contributed by atoms with van der Waals surface area (Å²) in [5.74, 6) is -0.185. The Labute approximate surface area is 87.2 Å². The van der Waals surface area contributed by atoms with Gasteiger partial charge in [-0.25, -0.2) is 4.98 Å². The largest absolute Gasteiger partial charge is 0.451 e. The number of oxazole rings is 1. The Balaban J connectivity index is 2.23. The van der Waals surface area contributed by atoms with Crippen LogP contribution in [0, 0.1) is 0 Å². The van der Waals surface area contributed by atoms with E-state index in [9.17, 15) is 4.79 Å². The first-order chi connectivity index (χ1) is 7.29. The molecule has 0 bridgehead atoms. The van der Waals surface area contributed by atoms with Gasteiger partial charge in [-0.15, -0.1) is 0 Å². The lowest BCUT2D eigenvalue weighted by molar-refractivity contribution is 0.0988. The summed E-state index contributed by atoms with van der Waals surface area (Å²) in [4.78, 5) is 17.1.